The molecule has 0 spiro atoms. The summed E-state index contributed by atoms with van der Waals surface area (Å²) in [5.74, 6) is -0.0535. The van der Waals surface area contributed by atoms with Crippen LogP contribution >= 0.6 is 0 Å². The molecule has 1 amide bonds. The highest BCUT2D eigenvalue weighted by Gasteiger charge is 2.25. The van der Waals surface area contributed by atoms with Crippen molar-refractivity contribution in [2.75, 3.05) is 18.9 Å². The molecule has 28 heavy (non-hydrogen) atoms. The zero-order valence-electron chi connectivity index (χ0n) is 16.4. The summed E-state index contributed by atoms with van der Waals surface area (Å²) >= 11 is 0. The zero-order chi connectivity index (χ0) is 19.7. The molecule has 0 fully saturated rings. The van der Waals surface area contributed by atoms with Gasteiger partial charge in [-0.25, -0.2) is 4.79 Å². The summed E-state index contributed by atoms with van der Waals surface area (Å²) in [4.78, 5) is 28.7. The topological polar surface area (TPSA) is 70.1 Å². The number of rotatable bonds is 6. The lowest BCUT2D eigenvalue weighted by Crippen LogP contribution is -2.42. The number of hydrogen-bond acceptors (Lipinski definition) is 3. The number of likely N-dealkylation sites (N-methyl/N-ethyl adjacent to an activating group) is 1. The van der Waals surface area contributed by atoms with Crippen LogP contribution in [0.1, 0.15) is 24.5 Å². The second kappa shape index (κ2) is 7.64. The number of amides is 1. The number of nitrogens with one attached hydrogen (secondary N) is 2. The normalized spacial score (nSPS) is 15.9. The molecule has 6 nitrogen and oxygen atoms in total. The molecule has 1 aromatic heterocycles. The predicted molar refractivity (Wildman–Crippen MR) is 112 cm³/mol. The molecule has 0 aliphatic carbocycles. The van der Waals surface area contributed by atoms with Gasteiger partial charge in [-0.1, -0.05) is 24.3 Å². The van der Waals surface area contributed by atoms with Crippen LogP contribution in [0, 0.1) is 0 Å². The number of para-hydroxylation sites is 1. The van der Waals surface area contributed by atoms with Gasteiger partial charge in [0.2, 0.25) is 5.91 Å². The van der Waals surface area contributed by atoms with Crippen molar-refractivity contribution in [3.63, 3.8) is 0 Å². The molecule has 0 radical (unpaired) electrons. The molecule has 146 valence electrons. The van der Waals surface area contributed by atoms with Crippen LogP contribution in [-0.2, 0) is 24.2 Å². The van der Waals surface area contributed by atoms with Crippen molar-refractivity contribution < 1.29 is 4.79 Å². The van der Waals surface area contributed by atoms with Crippen LogP contribution in [0.2, 0.25) is 0 Å². The third kappa shape index (κ3) is 3.73. The summed E-state index contributed by atoms with van der Waals surface area (Å²) in [6.45, 7) is 3.22. The largest absolute Gasteiger partial charge is 0.326 e. The van der Waals surface area contributed by atoms with Gasteiger partial charge in [0.05, 0.1) is 11.0 Å². The maximum absolute atomic E-state index is 12.3. The Kier molecular flexibility index (Phi) is 5.05. The van der Waals surface area contributed by atoms with Crippen molar-refractivity contribution in [2.45, 2.75) is 38.8 Å². The third-order valence-corrected chi connectivity index (χ3v) is 5.60. The molecule has 0 saturated carbocycles. The quantitative estimate of drug-likeness (QED) is 0.693. The third-order valence-electron chi connectivity index (χ3n) is 5.60. The fourth-order valence-electron chi connectivity index (χ4n) is 4.13. The molecule has 0 saturated heterocycles. The summed E-state index contributed by atoms with van der Waals surface area (Å²) < 4.78 is 1.88. The van der Waals surface area contributed by atoms with E-state index in [9.17, 15) is 9.59 Å². The van der Waals surface area contributed by atoms with Crippen molar-refractivity contribution in [2.24, 2.45) is 0 Å². The maximum Gasteiger partial charge on any atom is 0.326 e. The Morgan fingerprint density at radius 1 is 1.25 bits per heavy atom. The monoisotopic (exact) mass is 378 g/mol. The first-order valence-corrected chi connectivity index (χ1v) is 9.78. The number of H-pyrrole nitrogens is 1. The molecule has 1 aliphatic heterocycles. The molecular formula is C22H26N4O2. The first kappa shape index (κ1) is 18.5. The highest BCUT2D eigenvalue weighted by Crippen LogP contribution is 2.24. The standard InChI is InChI=1S/C22H26N4O2/c1-15(27)23-18-10-8-16(9-11-18)5-4-12-25(2)19-13-17-6-3-7-20-21(17)26(14-19)22(28)24-20/h3,6-11,19H,4-5,12-14H2,1-2H3,(H,23,27)(H,24,28)/t19-/m1/s1. The minimum Gasteiger partial charge on any atom is -0.326 e. The van der Waals surface area contributed by atoms with Crippen LogP contribution in [0.3, 0.4) is 0 Å². The van der Waals surface area contributed by atoms with E-state index in [4.69, 9.17) is 0 Å². The minimum absolute atomic E-state index is 0.0141. The van der Waals surface area contributed by atoms with Crippen LogP contribution in [-0.4, -0.2) is 40.0 Å². The van der Waals surface area contributed by atoms with E-state index in [0.29, 0.717) is 6.04 Å². The second-order valence-corrected chi connectivity index (χ2v) is 7.67. The average molecular weight is 378 g/mol. The molecule has 0 unspecified atom stereocenters. The minimum atomic E-state index is -0.0535. The average Bonchev–Trinajstić information content (AvgIpc) is 3.00. The summed E-state index contributed by atoms with van der Waals surface area (Å²) in [5.41, 5.74) is 5.33. The van der Waals surface area contributed by atoms with Gasteiger partial charge in [-0.15, -0.1) is 0 Å². The lowest BCUT2D eigenvalue weighted by molar-refractivity contribution is -0.114. The van der Waals surface area contributed by atoms with Crippen LogP contribution in [0.4, 0.5) is 5.69 Å². The summed E-state index contributed by atoms with van der Waals surface area (Å²) in [6.07, 6.45) is 3.00. The lowest BCUT2D eigenvalue weighted by atomic mass is 9.99. The van der Waals surface area contributed by atoms with Gasteiger partial charge < -0.3 is 15.2 Å². The van der Waals surface area contributed by atoms with Crippen LogP contribution in [0.25, 0.3) is 11.0 Å². The maximum atomic E-state index is 12.3. The molecule has 2 aromatic carbocycles. The lowest BCUT2D eigenvalue weighted by Gasteiger charge is -2.31. The van der Waals surface area contributed by atoms with E-state index in [1.54, 1.807) is 0 Å². The first-order chi connectivity index (χ1) is 13.5. The number of aromatic nitrogens is 2. The van der Waals surface area contributed by atoms with Crippen LogP contribution in [0.15, 0.2) is 47.3 Å². The van der Waals surface area contributed by atoms with E-state index in [-0.39, 0.29) is 11.6 Å². The number of nitrogens with zero attached hydrogens (tertiary/aromatic N) is 2. The molecule has 3 aromatic rings. The Morgan fingerprint density at radius 3 is 2.79 bits per heavy atom. The van der Waals surface area contributed by atoms with Crippen molar-refractivity contribution in [1.82, 2.24) is 14.5 Å². The van der Waals surface area contributed by atoms with E-state index in [0.717, 1.165) is 49.1 Å². The number of aromatic amines is 1. The number of hydrogen-bond donors (Lipinski definition) is 2. The van der Waals surface area contributed by atoms with Gasteiger partial charge in [0.15, 0.2) is 0 Å². The van der Waals surface area contributed by atoms with Crippen molar-refractivity contribution in [1.29, 1.82) is 0 Å². The van der Waals surface area contributed by atoms with Crippen molar-refractivity contribution in [3.8, 4) is 0 Å². The van der Waals surface area contributed by atoms with Gasteiger partial charge in [0, 0.05) is 25.2 Å². The van der Waals surface area contributed by atoms with Crippen LogP contribution in [0.5, 0.6) is 0 Å². The molecule has 1 atom stereocenters. The highest BCUT2D eigenvalue weighted by molar-refractivity contribution is 5.88. The second-order valence-electron chi connectivity index (χ2n) is 7.67. The number of carbonyl (C=O) groups excluding carboxylic acids is 1. The first-order valence-electron chi connectivity index (χ1n) is 9.78. The number of anilines is 1. The summed E-state index contributed by atoms with van der Waals surface area (Å²) in [6, 6.07) is 14.5. The SMILES string of the molecule is CC(=O)Nc1ccc(CCCN(C)[C@@H]2Cc3cccc4[nH]c(=O)n(c34)C2)cc1. The number of carbonyl (C=O) groups is 1. The number of benzene rings is 2. The van der Waals surface area contributed by atoms with Crippen molar-refractivity contribution in [3.05, 3.63) is 64.1 Å². The molecule has 4 rings (SSSR count). The molecule has 0 bridgehead atoms. The van der Waals surface area contributed by atoms with E-state index in [1.807, 2.05) is 28.8 Å². The fourth-order valence-corrected chi connectivity index (χ4v) is 4.13. The molecule has 2 N–H and O–H groups in total. The molecular weight excluding hydrogens is 352 g/mol. The predicted octanol–water partition coefficient (Wildman–Crippen LogP) is 2.78. The van der Waals surface area contributed by atoms with Crippen LogP contribution < -0.4 is 11.0 Å². The van der Waals surface area contributed by atoms with Crippen molar-refractivity contribution >= 4 is 22.6 Å². The Morgan fingerprint density at radius 2 is 2.04 bits per heavy atom. The Labute approximate surface area is 164 Å². The zero-order valence-corrected chi connectivity index (χ0v) is 16.4. The number of aryl methyl sites for hydroxylation is 1. The Bertz CT molecular complexity index is 1050. The Hall–Kier alpha value is -2.86. The van der Waals surface area contributed by atoms with E-state index < -0.39 is 0 Å². The van der Waals surface area contributed by atoms with Gasteiger partial charge in [-0.05, 0) is 62.2 Å². The van der Waals surface area contributed by atoms with Gasteiger partial charge in [0.1, 0.15) is 0 Å². The highest BCUT2D eigenvalue weighted by atomic mass is 16.1. The van der Waals surface area contributed by atoms with E-state index in [2.05, 4.69) is 40.4 Å². The number of imidazole rings is 1. The van der Waals surface area contributed by atoms with Gasteiger partial charge in [0.25, 0.3) is 0 Å². The van der Waals surface area contributed by atoms with E-state index in [1.165, 1.54) is 18.1 Å². The molecule has 6 heteroatoms. The van der Waals surface area contributed by atoms with Gasteiger partial charge >= 0.3 is 5.69 Å². The fraction of sp³-hybridized carbons (Fsp3) is 0.364. The molecule has 2 heterocycles. The summed E-state index contributed by atoms with van der Waals surface area (Å²) in [7, 11) is 2.15. The van der Waals surface area contributed by atoms with Gasteiger partial charge in [-0.2, -0.15) is 0 Å². The van der Waals surface area contributed by atoms with Gasteiger partial charge in [-0.3, -0.25) is 9.36 Å². The van der Waals surface area contributed by atoms with E-state index >= 15 is 0 Å². The smallest absolute Gasteiger partial charge is 0.326 e. The summed E-state index contributed by atoms with van der Waals surface area (Å²) in [5, 5.41) is 2.79. The Balaban J connectivity index is 1.35. The molecule has 1 aliphatic rings.